The number of fused-ring (bicyclic) bond motifs is 1. The zero-order valence-electron chi connectivity index (χ0n) is 16.2. The molecule has 146 valence electrons. The van der Waals surface area contributed by atoms with Crippen molar-refractivity contribution >= 4 is 23.2 Å². The number of hydrogen-bond acceptors (Lipinski definition) is 3. The molecule has 0 spiro atoms. The molecular formula is C23H26N2O3. The largest absolute Gasteiger partial charge is 0.481 e. The molecule has 1 atom stereocenters. The Morgan fingerprint density at radius 1 is 1.07 bits per heavy atom. The fourth-order valence-electron chi connectivity index (χ4n) is 4.02. The molecule has 2 aromatic carbocycles. The number of ether oxygens (including phenoxy) is 1. The van der Waals surface area contributed by atoms with Crippen LogP contribution in [0.15, 0.2) is 42.5 Å². The highest BCUT2D eigenvalue weighted by atomic mass is 16.5. The van der Waals surface area contributed by atoms with E-state index in [0.717, 1.165) is 43.7 Å². The van der Waals surface area contributed by atoms with Crippen molar-refractivity contribution in [1.29, 1.82) is 0 Å². The first-order valence-corrected chi connectivity index (χ1v) is 10.1. The highest BCUT2D eigenvalue weighted by Gasteiger charge is 2.23. The minimum atomic E-state index is -0.606. The van der Waals surface area contributed by atoms with E-state index in [2.05, 4.69) is 11.4 Å². The lowest BCUT2D eigenvalue weighted by atomic mass is 9.91. The van der Waals surface area contributed by atoms with E-state index in [1.165, 1.54) is 17.5 Å². The molecule has 1 aliphatic heterocycles. The van der Waals surface area contributed by atoms with Gasteiger partial charge in [-0.1, -0.05) is 18.2 Å². The maximum Gasteiger partial charge on any atom is 0.265 e. The summed E-state index contributed by atoms with van der Waals surface area (Å²) in [6.07, 6.45) is 5.31. The summed E-state index contributed by atoms with van der Waals surface area (Å²) in [4.78, 5) is 26.4. The van der Waals surface area contributed by atoms with Crippen molar-refractivity contribution in [3.63, 3.8) is 0 Å². The number of amides is 2. The number of carbonyl (C=O) groups excluding carboxylic acids is 2. The van der Waals surface area contributed by atoms with Gasteiger partial charge in [0.2, 0.25) is 5.91 Å². The van der Waals surface area contributed by atoms with Gasteiger partial charge in [-0.3, -0.25) is 9.59 Å². The van der Waals surface area contributed by atoms with Crippen molar-refractivity contribution in [2.24, 2.45) is 0 Å². The number of hydrogen-bond donors (Lipinski definition) is 1. The van der Waals surface area contributed by atoms with Crippen LogP contribution in [0.2, 0.25) is 0 Å². The Morgan fingerprint density at radius 2 is 1.89 bits per heavy atom. The molecule has 2 amide bonds. The zero-order valence-corrected chi connectivity index (χ0v) is 16.2. The van der Waals surface area contributed by atoms with Crippen molar-refractivity contribution in [3.05, 3.63) is 53.6 Å². The molecule has 1 fully saturated rings. The van der Waals surface area contributed by atoms with Crippen LogP contribution in [-0.2, 0) is 22.4 Å². The molecule has 5 nitrogen and oxygen atoms in total. The third kappa shape index (κ3) is 3.88. The van der Waals surface area contributed by atoms with Crippen molar-refractivity contribution in [2.45, 2.75) is 51.6 Å². The number of rotatable bonds is 5. The molecule has 2 aliphatic rings. The van der Waals surface area contributed by atoms with E-state index >= 15 is 0 Å². The van der Waals surface area contributed by atoms with Gasteiger partial charge < -0.3 is 15.0 Å². The normalized spacial score (nSPS) is 17.2. The molecule has 4 rings (SSSR count). The maximum absolute atomic E-state index is 12.7. The van der Waals surface area contributed by atoms with Gasteiger partial charge >= 0.3 is 0 Å². The van der Waals surface area contributed by atoms with Crippen molar-refractivity contribution < 1.29 is 14.3 Å². The molecule has 1 heterocycles. The van der Waals surface area contributed by atoms with Gasteiger partial charge in [-0.25, -0.2) is 0 Å². The van der Waals surface area contributed by atoms with Crippen LogP contribution in [0.5, 0.6) is 5.75 Å². The Morgan fingerprint density at radius 3 is 2.71 bits per heavy atom. The highest BCUT2D eigenvalue weighted by molar-refractivity contribution is 5.97. The summed E-state index contributed by atoms with van der Waals surface area (Å²) in [7, 11) is 0. The van der Waals surface area contributed by atoms with Crippen molar-refractivity contribution in [1.82, 2.24) is 0 Å². The van der Waals surface area contributed by atoms with Crippen molar-refractivity contribution in [2.75, 3.05) is 16.8 Å². The topological polar surface area (TPSA) is 58.6 Å². The first-order valence-electron chi connectivity index (χ1n) is 10.1. The van der Waals surface area contributed by atoms with E-state index < -0.39 is 6.10 Å². The molecule has 1 unspecified atom stereocenters. The molecule has 1 aliphatic carbocycles. The summed E-state index contributed by atoms with van der Waals surface area (Å²) in [6.45, 7) is 2.50. The Labute approximate surface area is 165 Å². The second-order valence-corrected chi connectivity index (χ2v) is 7.55. The number of nitrogens with zero attached hydrogens (tertiary/aromatic N) is 1. The van der Waals surface area contributed by atoms with Gasteiger partial charge in [-0.15, -0.1) is 0 Å². The average molecular weight is 378 g/mol. The third-order valence-corrected chi connectivity index (χ3v) is 5.52. The molecule has 0 aromatic heterocycles. The third-order valence-electron chi connectivity index (χ3n) is 5.52. The van der Waals surface area contributed by atoms with Crippen LogP contribution in [0.1, 0.15) is 43.7 Å². The SMILES string of the molecule is CC(Oc1cccc2c1CCCC2)C(=O)Nc1cccc(N2CCCC2=O)c1. The van der Waals surface area contributed by atoms with Crippen LogP contribution in [0.3, 0.4) is 0 Å². The second-order valence-electron chi connectivity index (χ2n) is 7.55. The molecule has 0 saturated carbocycles. The zero-order chi connectivity index (χ0) is 19.5. The monoisotopic (exact) mass is 378 g/mol. The fraction of sp³-hybridized carbons (Fsp3) is 0.391. The van der Waals surface area contributed by atoms with Gasteiger partial charge in [0.25, 0.3) is 5.91 Å². The lowest BCUT2D eigenvalue weighted by Gasteiger charge is -2.22. The summed E-state index contributed by atoms with van der Waals surface area (Å²) < 4.78 is 6.02. The van der Waals surface area contributed by atoms with E-state index in [4.69, 9.17) is 4.74 Å². The van der Waals surface area contributed by atoms with Gasteiger partial charge in [-0.2, -0.15) is 0 Å². The molecule has 1 saturated heterocycles. The molecule has 0 bridgehead atoms. The Balaban J connectivity index is 1.43. The quantitative estimate of drug-likeness (QED) is 0.852. The minimum absolute atomic E-state index is 0.133. The van der Waals surface area contributed by atoms with Crippen LogP contribution < -0.4 is 15.0 Å². The number of nitrogens with one attached hydrogen (secondary N) is 1. The number of anilines is 2. The first-order chi connectivity index (χ1) is 13.6. The van der Waals surface area contributed by atoms with Crippen molar-refractivity contribution in [3.8, 4) is 5.75 Å². The van der Waals surface area contributed by atoms with E-state index in [9.17, 15) is 9.59 Å². The Bertz CT molecular complexity index is 893. The summed E-state index contributed by atoms with van der Waals surface area (Å²) in [6, 6.07) is 13.5. The summed E-state index contributed by atoms with van der Waals surface area (Å²) in [5.41, 5.74) is 4.07. The molecule has 28 heavy (non-hydrogen) atoms. The van der Waals surface area contributed by atoms with E-state index in [-0.39, 0.29) is 11.8 Å². The van der Waals surface area contributed by atoms with Gasteiger partial charge in [0.1, 0.15) is 5.75 Å². The summed E-state index contributed by atoms with van der Waals surface area (Å²) in [5, 5.41) is 2.92. The number of carbonyl (C=O) groups is 2. The predicted molar refractivity (Wildman–Crippen MR) is 110 cm³/mol. The fourth-order valence-corrected chi connectivity index (χ4v) is 4.02. The standard InChI is InChI=1S/C23H26N2O3/c1-16(28-21-12-4-8-17-7-2-3-11-20(17)21)23(27)24-18-9-5-10-19(15-18)25-14-6-13-22(25)26/h4-5,8-10,12,15-16H,2-3,6-7,11,13-14H2,1H3,(H,24,27). The number of benzene rings is 2. The summed E-state index contributed by atoms with van der Waals surface area (Å²) >= 11 is 0. The maximum atomic E-state index is 12.7. The van der Waals surface area contributed by atoms with Crippen LogP contribution in [0, 0.1) is 0 Å². The number of aryl methyl sites for hydroxylation is 1. The highest BCUT2D eigenvalue weighted by Crippen LogP contribution is 2.30. The Hall–Kier alpha value is -2.82. The summed E-state index contributed by atoms with van der Waals surface area (Å²) in [5.74, 6) is 0.753. The van der Waals surface area contributed by atoms with E-state index in [0.29, 0.717) is 12.1 Å². The average Bonchev–Trinajstić information content (AvgIpc) is 3.14. The second kappa shape index (κ2) is 8.05. The van der Waals surface area contributed by atoms with Gasteiger partial charge in [0, 0.05) is 24.3 Å². The predicted octanol–water partition coefficient (Wildman–Crippen LogP) is 4.10. The molecular weight excluding hydrogens is 352 g/mol. The van der Waals surface area contributed by atoms with Gasteiger partial charge in [0.05, 0.1) is 0 Å². The van der Waals surface area contributed by atoms with Crippen LogP contribution >= 0.6 is 0 Å². The first kappa shape index (κ1) is 18.5. The van der Waals surface area contributed by atoms with Crippen LogP contribution in [0.25, 0.3) is 0 Å². The Kier molecular flexibility index (Phi) is 5.33. The lowest BCUT2D eigenvalue weighted by Crippen LogP contribution is -2.31. The smallest absolute Gasteiger partial charge is 0.265 e. The van der Waals surface area contributed by atoms with Gasteiger partial charge in [0.15, 0.2) is 6.10 Å². The lowest BCUT2D eigenvalue weighted by molar-refractivity contribution is -0.122. The van der Waals surface area contributed by atoms with Crippen LogP contribution in [-0.4, -0.2) is 24.5 Å². The molecule has 5 heteroatoms. The molecule has 0 radical (unpaired) electrons. The minimum Gasteiger partial charge on any atom is -0.481 e. The molecule has 2 aromatic rings. The molecule has 1 N–H and O–H groups in total. The van der Waals surface area contributed by atoms with Gasteiger partial charge in [-0.05, 0) is 74.4 Å². The van der Waals surface area contributed by atoms with E-state index in [1.807, 2.05) is 36.4 Å². The van der Waals surface area contributed by atoms with Crippen LogP contribution in [0.4, 0.5) is 11.4 Å². The van der Waals surface area contributed by atoms with E-state index in [1.54, 1.807) is 11.8 Å².